The first-order chi connectivity index (χ1) is 7.35. The minimum Gasteiger partial charge on any atom is -0.497 e. The number of aromatic nitrogens is 2. The molecule has 1 heterocycles. The molecule has 0 atom stereocenters. The quantitative estimate of drug-likeness (QED) is 0.819. The van der Waals surface area contributed by atoms with Crippen molar-refractivity contribution in [3.8, 4) is 11.4 Å². The molecule has 78 valence electrons. The summed E-state index contributed by atoms with van der Waals surface area (Å²) >= 11 is 0. The van der Waals surface area contributed by atoms with E-state index in [4.69, 9.17) is 10.5 Å². The molecule has 4 nitrogen and oxygen atoms in total. The lowest BCUT2D eigenvalue weighted by molar-refractivity contribution is 0.414. The number of benzene rings is 1. The first-order valence-corrected chi connectivity index (χ1v) is 4.72. The molecule has 0 saturated heterocycles. The third-order valence-corrected chi connectivity index (χ3v) is 2.25. The molecule has 0 aliphatic heterocycles. The standard InChI is InChI=1S/C11H13N3O/c1-15-10-4-2-9(3-5-10)14-7-6-13-11(14)8-12/h2-7H,8,12H2,1H3. The van der Waals surface area contributed by atoms with E-state index in [1.807, 2.05) is 35.0 Å². The van der Waals surface area contributed by atoms with Crippen molar-refractivity contribution >= 4 is 0 Å². The van der Waals surface area contributed by atoms with Crippen LogP contribution in [-0.2, 0) is 6.54 Å². The van der Waals surface area contributed by atoms with E-state index in [2.05, 4.69) is 4.98 Å². The Morgan fingerprint density at radius 2 is 2.07 bits per heavy atom. The summed E-state index contributed by atoms with van der Waals surface area (Å²) in [5.41, 5.74) is 6.62. The van der Waals surface area contributed by atoms with E-state index in [1.54, 1.807) is 13.3 Å². The van der Waals surface area contributed by atoms with Crippen molar-refractivity contribution in [3.05, 3.63) is 42.5 Å². The summed E-state index contributed by atoms with van der Waals surface area (Å²) in [7, 11) is 1.65. The summed E-state index contributed by atoms with van der Waals surface area (Å²) in [5, 5.41) is 0. The third-order valence-electron chi connectivity index (χ3n) is 2.25. The molecule has 0 aliphatic rings. The summed E-state index contributed by atoms with van der Waals surface area (Å²) in [5.74, 6) is 1.69. The Morgan fingerprint density at radius 1 is 1.33 bits per heavy atom. The largest absolute Gasteiger partial charge is 0.497 e. The van der Waals surface area contributed by atoms with E-state index in [9.17, 15) is 0 Å². The van der Waals surface area contributed by atoms with Gasteiger partial charge in [0.25, 0.3) is 0 Å². The molecule has 0 bridgehead atoms. The molecule has 4 heteroatoms. The molecule has 0 unspecified atom stereocenters. The highest BCUT2D eigenvalue weighted by atomic mass is 16.5. The van der Waals surface area contributed by atoms with Gasteiger partial charge < -0.3 is 15.0 Å². The van der Waals surface area contributed by atoms with Crippen LogP contribution < -0.4 is 10.5 Å². The Hall–Kier alpha value is -1.81. The zero-order valence-corrected chi connectivity index (χ0v) is 8.55. The summed E-state index contributed by atoms with van der Waals surface area (Å²) in [6, 6.07) is 7.77. The SMILES string of the molecule is COc1ccc(-n2ccnc2CN)cc1. The predicted molar refractivity (Wildman–Crippen MR) is 58.0 cm³/mol. The Labute approximate surface area is 88.3 Å². The molecule has 0 saturated carbocycles. The molecule has 1 aromatic carbocycles. The van der Waals surface area contributed by atoms with Gasteiger partial charge in [-0.2, -0.15) is 0 Å². The van der Waals surface area contributed by atoms with Crippen LogP contribution in [0.2, 0.25) is 0 Å². The van der Waals surface area contributed by atoms with Crippen LogP contribution in [0.1, 0.15) is 5.82 Å². The van der Waals surface area contributed by atoms with Crippen LogP contribution in [0.25, 0.3) is 5.69 Å². The second-order valence-corrected chi connectivity index (χ2v) is 3.12. The molecule has 0 spiro atoms. The van der Waals surface area contributed by atoms with Gasteiger partial charge in [0.1, 0.15) is 11.6 Å². The number of rotatable bonds is 3. The fourth-order valence-corrected chi connectivity index (χ4v) is 1.46. The first-order valence-electron chi connectivity index (χ1n) is 4.72. The second kappa shape index (κ2) is 4.14. The molecule has 15 heavy (non-hydrogen) atoms. The van der Waals surface area contributed by atoms with Gasteiger partial charge in [0, 0.05) is 18.1 Å². The van der Waals surface area contributed by atoms with E-state index in [0.717, 1.165) is 17.3 Å². The number of imidazole rings is 1. The highest BCUT2D eigenvalue weighted by molar-refractivity contribution is 5.38. The predicted octanol–water partition coefficient (Wildman–Crippen LogP) is 1.34. The Kier molecular flexibility index (Phi) is 2.69. The van der Waals surface area contributed by atoms with Gasteiger partial charge in [-0.15, -0.1) is 0 Å². The number of nitrogens with two attached hydrogens (primary N) is 1. The minimum atomic E-state index is 0.430. The number of ether oxygens (including phenoxy) is 1. The van der Waals surface area contributed by atoms with E-state index >= 15 is 0 Å². The smallest absolute Gasteiger partial charge is 0.126 e. The van der Waals surface area contributed by atoms with Gasteiger partial charge in [0.15, 0.2) is 0 Å². The fraction of sp³-hybridized carbons (Fsp3) is 0.182. The molecule has 1 aromatic heterocycles. The second-order valence-electron chi connectivity index (χ2n) is 3.12. The van der Waals surface area contributed by atoms with Crippen LogP contribution >= 0.6 is 0 Å². The number of nitrogens with zero attached hydrogens (tertiary/aromatic N) is 2. The van der Waals surface area contributed by atoms with Crippen molar-refractivity contribution < 1.29 is 4.74 Å². The number of hydrogen-bond donors (Lipinski definition) is 1. The van der Waals surface area contributed by atoms with E-state index in [-0.39, 0.29) is 0 Å². The maximum Gasteiger partial charge on any atom is 0.126 e. The molecule has 0 amide bonds. The van der Waals surface area contributed by atoms with Crippen molar-refractivity contribution in [2.75, 3.05) is 7.11 Å². The average molecular weight is 203 g/mol. The molecule has 2 N–H and O–H groups in total. The highest BCUT2D eigenvalue weighted by Gasteiger charge is 2.02. The monoisotopic (exact) mass is 203 g/mol. The Morgan fingerprint density at radius 3 is 2.67 bits per heavy atom. The normalized spacial score (nSPS) is 10.3. The van der Waals surface area contributed by atoms with E-state index in [1.165, 1.54) is 0 Å². The van der Waals surface area contributed by atoms with Crippen LogP contribution in [0.5, 0.6) is 5.75 Å². The fourth-order valence-electron chi connectivity index (χ4n) is 1.46. The van der Waals surface area contributed by atoms with Crippen LogP contribution in [0, 0.1) is 0 Å². The Bertz CT molecular complexity index is 433. The van der Waals surface area contributed by atoms with Gasteiger partial charge in [-0.05, 0) is 24.3 Å². The van der Waals surface area contributed by atoms with Crippen molar-refractivity contribution in [2.24, 2.45) is 5.73 Å². The summed E-state index contributed by atoms with van der Waals surface area (Å²) in [4.78, 5) is 4.16. The summed E-state index contributed by atoms with van der Waals surface area (Å²) < 4.78 is 7.05. The number of methoxy groups -OCH3 is 1. The van der Waals surface area contributed by atoms with Crippen molar-refractivity contribution in [1.29, 1.82) is 0 Å². The minimum absolute atomic E-state index is 0.430. The van der Waals surface area contributed by atoms with Crippen molar-refractivity contribution in [3.63, 3.8) is 0 Å². The van der Waals surface area contributed by atoms with Gasteiger partial charge in [0.2, 0.25) is 0 Å². The van der Waals surface area contributed by atoms with Gasteiger partial charge in [-0.3, -0.25) is 0 Å². The lowest BCUT2D eigenvalue weighted by Crippen LogP contribution is -2.06. The maximum absolute atomic E-state index is 5.58. The zero-order chi connectivity index (χ0) is 10.7. The van der Waals surface area contributed by atoms with Gasteiger partial charge in [-0.25, -0.2) is 4.98 Å². The van der Waals surface area contributed by atoms with E-state index < -0.39 is 0 Å². The lowest BCUT2D eigenvalue weighted by atomic mass is 10.3. The first kappa shape index (κ1) is 9.73. The molecular formula is C11H13N3O. The van der Waals surface area contributed by atoms with Crippen molar-refractivity contribution in [1.82, 2.24) is 9.55 Å². The average Bonchev–Trinajstić information content (AvgIpc) is 2.77. The van der Waals surface area contributed by atoms with Crippen LogP contribution in [0.15, 0.2) is 36.7 Å². The summed E-state index contributed by atoms with van der Waals surface area (Å²) in [6.07, 6.45) is 3.64. The molecule has 2 rings (SSSR count). The molecule has 0 radical (unpaired) electrons. The third kappa shape index (κ3) is 1.85. The number of hydrogen-bond acceptors (Lipinski definition) is 3. The zero-order valence-electron chi connectivity index (χ0n) is 8.55. The van der Waals surface area contributed by atoms with Crippen LogP contribution in [0.4, 0.5) is 0 Å². The molecular weight excluding hydrogens is 190 g/mol. The lowest BCUT2D eigenvalue weighted by Gasteiger charge is -2.07. The Balaban J connectivity index is 2.37. The molecule has 2 aromatic rings. The molecule has 0 fully saturated rings. The van der Waals surface area contributed by atoms with Gasteiger partial charge >= 0.3 is 0 Å². The van der Waals surface area contributed by atoms with Gasteiger partial charge in [0.05, 0.1) is 13.7 Å². The molecule has 0 aliphatic carbocycles. The van der Waals surface area contributed by atoms with Gasteiger partial charge in [-0.1, -0.05) is 0 Å². The van der Waals surface area contributed by atoms with Crippen LogP contribution in [0.3, 0.4) is 0 Å². The van der Waals surface area contributed by atoms with E-state index in [0.29, 0.717) is 6.54 Å². The highest BCUT2D eigenvalue weighted by Crippen LogP contribution is 2.15. The summed E-state index contributed by atoms with van der Waals surface area (Å²) in [6.45, 7) is 0.430. The van der Waals surface area contributed by atoms with Crippen LogP contribution in [-0.4, -0.2) is 16.7 Å². The van der Waals surface area contributed by atoms with Crippen molar-refractivity contribution in [2.45, 2.75) is 6.54 Å². The maximum atomic E-state index is 5.58. The topological polar surface area (TPSA) is 53.1 Å².